The first kappa shape index (κ1) is 14.3. The van der Waals surface area contributed by atoms with Gasteiger partial charge in [-0.3, -0.25) is 4.79 Å². The Hall–Kier alpha value is -2.27. The van der Waals surface area contributed by atoms with Crippen molar-refractivity contribution in [3.05, 3.63) is 44.9 Å². The van der Waals surface area contributed by atoms with Crippen LogP contribution in [-0.4, -0.2) is 18.2 Å². The summed E-state index contributed by atoms with van der Waals surface area (Å²) in [5.41, 5.74) is 3.38. The van der Waals surface area contributed by atoms with Gasteiger partial charge in [0.05, 0.1) is 24.1 Å². The van der Waals surface area contributed by atoms with Gasteiger partial charge in [-0.05, 0) is 34.9 Å². The Morgan fingerprint density at radius 1 is 1.43 bits per heavy atom. The van der Waals surface area contributed by atoms with E-state index >= 15 is 0 Å². The number of hydrogen-bond donors (Lipinski definition) is 1. The first-order valence-corrected chi connectivity index (χ1v) is 8.73. The van der Waals surface area contributed by atoms with Crippen LogP contribution in [0.15, 0.2) is 33.9 Å². The van der Waals surface area contributed by atoms with Crippen LogP contribution < -0.4 is 14.9 Å². The number of aromatic amines is 1. The lowest BCUT2D eigenvalue weighted by Gasteiger charge is -2.12. The van der Waals surface area contributed by atoms with E-state index in [1.807, 2.05) is 22.9 Å². The fraction of sp³-hybridized carbons (Fsp3) is 0.278. The quantitative estimate of drug-likeness (QED) is 0.788. The molecule has 1 aromatic carbocycles. The highest BCUT2D eigenvalue weighted by atomic mass is 32.1. The van der Waals surface area contributed by atoms with E-state index in [1.54, 1.807) is 17.5 Å². The number of pyridine rings is 1. The van der Waals surface area contributed by atoms with Gasteiger partial charge in [0.2, 0.25) is 5.43 Å². The monoisotopic (exact) mass is 327 g/mol. The van der Waals surface area contributed by atoms with E-state index in [0.717, 1.165) is 35.2 Å². The summed E-state index contributed by atoms with van der Waals surface area (Å²) in [5.74, 6) is 1.45. The molecule has 0 radical (unpaired) electrons. The Morgan fingerprint density at radius 2 is 2.35 bits per heavy atom. The molecule has 1 aliphatic rings. The fourth-order valence-electron chi connectivity index (χ4n) is 2.97. The second-order valence-corrected chi connectivity index (χ2v) is 6.38. The first-order chi connectivity index (χ1) is 11.3. The van der Waals surface area contributed by atoms with Crippen molar-refractivity contribution in [2.75, 3.05) is 13.2 Å². The van der Waals surface area contributed by atoms with E-state index in [4.69, 9.17) is 9.47 Å². The van der Waals surface area contributed by atoms with Gasteiger partial charge >= 0.3 is 0 Å². The molecule has 0 saturated heterocycles. The molecule has 0 saturated carbocycles. The summed E-state index contributed by atoms with van der Waals surface area (Å²) in [5, 5.41) is 4.56. The molecule has 0 fully saturated rings. The molecular weight excluding hydrogens is 310 g/mol. The predicted octanol–water partition coefficient (Wildman–Crippen LogP) is 3.98. The van der Waals surface area contributed by atoms with Crippen LogP contribution in [0.1, 0.15) is 18.9 Å². The van der Waals surface area contributed by atoms with Crippen LogP contribution >= 0.6 is 11.3 Å². The molecule has 4 nitrogen and oxygen atoms in total. The molecule has 3 aromatic rings. The zero-order chi connectivity index (χ0) is 15.8. The van der Waals surface area contributed by atoms with Crippen LogP contribution in [0.4, 0.5) is 0 Å². The molecule has 0 amide bonds. The minimum absolute atomic E-state index is 0.00255. The van der Waals surface area contributed by atoms with Crippen molar-refractivity contribution in [3.63, 3.8) is 0 Å². The van der Waals surface area contributed by atoms with Crippen LogP contribution in [0.5, 0.6) is 11.5 Å². The molecule has 1 N–H and O–H groups in total. The summed E-state index contributed by atoms with van der Waals surface area (Å²) >= 11 is 1.58. The lowest BCUT2D eigenvalue weighted by molar-refractivity contribution is 0.320. The molecule has 23 heavy (non-hydrogen) atoms. The van der Waals surface area contributed by atoms with Gasteiger partial charge < -0.3 is 14.5 Å². The van der Waals surface area contributed by atoms with E-state index < -0.39 is 0 Å². The summed E-state index contributed by atoms with van der Waals surface area (Å²) in [6.07, 6.45) is 3.51. The lowest BCUT2D eigenvalue weighted by Crippen LogP contribution is -2.09. The van der Waals surface area contributed by atoms with E-state index in [-0.39, 0.29) is 5.43 Å². The Labute approximate surface area is 137 Å². The molecule has 4 rings (SSSR count). The number of ether oxygens (including phenoxy) is 2. The lowest BCUT2D eigenvalue weighted by atomic mass is 10.0. The molecule has 5 heteroatoms. The molecular formula is C18H17NO3S. The molecule has 0 aliphatic carbocycles. The van der Waals surface area contributed by atoms with Crippen LogP contribution in [-0.2, 0) is 6.42 Å². The molecule has 1 aliphatic heterocycles. The maximum absolute atomic E-state index is 13.1. The highest BCUT2D eigenvalue weighted by molar-refractivity contribution is 7.08. The molecule has 0 atom stereocenters. The molecule has 118 valence electrons. The molecule has 0 spiro atoms. The average Bonchev–Trinajstić information content (AvgIpc) is 3.23. The van der Waals surface area contributed by atoms with Gasteiger partial charge in [-0.1, -0.05) is 6.92 Å². The number of rotatable bonds is 4. The number of benzene rings is 1. The number of thiophene rings is 1. The van der Waals surface area contributed by atoms with Crippen molar-refractivity contribution in [2.24, 2.45) is 0 Å². The normalized spacial score (nSPS) is 13.1. The van der Waals surface area contributed by atoms with Gasteiger partial charge in [0.1, 0.15) is 11.5 Å². The van der Waals surface area contributed by atoms with E-state index in [2.05, 4.69) is 11.9 Å². The Kier molecular flexibility index (Phi) is 3.58. The molecule has 0 unspecified atom stereocenters. The van der Waals surface area contributed by atoms with Gasteiger partial charge in [-0.25, -0.2) is 0 Å². The summed E-state index contributed by atoms with van der Waals surface area (Å²) in [6.45, 7) is 3.31. The van der Waals surface area contributed by atoms with E-state index in [1.165, 1.54) is 0 Å². The zero-order valence-electron chi connectivity index (χ0n) is 12.8. The zero-order valence-corrected chi connectivity index (χ0v) is 13.7. The minimum Gasteiger partial charge on any atom is -0.492 e. The van der Waals surface area contributed by atoms with Crippen LogP contribution in [0.25, 0.3) is 22.0 Å². The number of aromatic nitrogens is 1. The maximum Gasteiger partial charge on any atom is 0.201 e. The highest BCUT2D eigenvalue weighted by Gasteiger charge is 2.23. The minimum atomic E-state index is -0.00255. The van der Waals surface area contributed by atoms with Crippen LogP contribution in [0.2, 0.25) is 0 Å². The third kappa shape index (κ3) is 2.32. The van der Waals surface area contributed by atoms with E-state index in [9.17, 15) is 4.79 Å². The third-order valence-electron chi connectivity index (χ3n) is 4.06. The molecule has 3 heterocycles. The highest BCUT2D eigenvalue weighted by Crippen LogP contribution is 2.38. The topological polar surface area (TPSA) is 51.3 Å². The number of hydrogen-bond acceptors (Lipinski definition) is 4. The standard InChI is InChI=1S/C18H17NO3S/c1-2-5-21-14-8-11-3-6-22-18(11)15-16(14)19-9-13(17(15)20)12-4-7-23-10-12/h4,7-10H,2-3,5-6H2,1H3,(H,19,20). The van der Waals surface area contributed by atoms with Crippen molar-refractivity contribution >= 4 is 22.2 Å². The Bertz CT molecular complexity index is 912. The van der Waals surface area contributed by atoms with Gasteiger partial charge in [-0.2, -0.15) is 11.3 Å². The second-order valence-electron chi connectivity index (χ2n) is 5.60. The number of nitrogens with one attached hydrogen (secondary N) is 1. The Morgan fingerprint density at radius 3 is 3.13 bits per heavy atom. The van der Waals surface area contributed by atoms with Gasteiger partial charge in [0, 0.05) is 23.7 Å². The number of H-pyrrole nitrogens is 1. The van der Waals surface area contributed by atoms with Gasteiger partial charge in [0.15, 0.2) is 0 Å². The molecule has 2 aromatic heterocycles. The first-order valence-electron chi connectivity index (χ1n) is 7.79. The SMILES string of the molecule is CCCOc1cc2c(c3c(=O)c(-c4ccsc4)c[nH]c13)OCC2. The average molecular weight is 327 g/mol. The van der Waals surface area contributed by atoms with E-state index in [0.29, 0.717) is 29.9 Å². The third-order valence-corrected chi connectivity index (χ3v) is 4.75. The van der Waals surface area contributed by atoms with Crippen molar-refractivity contribution < 1.29 is 9.47 Å². The van der Waals surface area contributed by atoms with Crippen molar-refractivity contribution in [3.8, 4) is 22.6 Å². The molecule has 0 bridgehead atoms. The predicted molar refractivity (Wildman–Crippen MR) is 92.9 cm³/mol. The maximum atomic E-state index is 13.1. The van der Waals surface area contributed by atoms with Crippen molar-refractivity contribution in [2.45, 2.75) is 19.8 Å². The largest absolute Gasteiger partial charge is 0.492 e. The Balaban J connectivity index is 2.00. The van der Waals surface area contributed by atoms with Crippen LogP contribution in [0, 0.1) is 0 Å². The summed E-state index contributed by atoms with van der Waals surface area (Å²) in [6, 6.07) is 3.96. The van der Waals surface area contributed by atoms with Crippen molar-refractivity contribution in [1.29, 1.82) is 0 Å². The number of fused-ring (bicyclic) bond motifs is 3. The summed E-state index contributed by atoms with van der Waals surface area (Å²) in [7, 11) is 0. The van der Waals surface area contributed by atoms with Gasteiger partial charge in [0.25, 0.3) is 0 Å². The van der Waals surface area contributed by atoms with Crippen LogP contribution in [0.3, 0.4) is 0 Å². The fourth-order valence-corrected chi connectivity index (χ4v) is 3.63. The van der Waals surface area contributed by atoms with Crippen molar-refractivity contribution in [1.82, 2.24) is 4.98 Å². The van der Waals surface area contributed by atoms with Gasteiger partial charge in [-0.15, -0.1) is 0 Å². The summed E-state index contributed by atoms with van der Waals surface area (Å²) in [4.78, 5) is 16.3. The second kappa shape index (κ2) is 5.74. The summed E-state index contributed by atoms with van der Waals surface area (Å²) < 4.78 is 11.6. The smallest absolute Gasteiger partial charge is 0.201 e.